The Balaban J connectivity index is 2.39. The van der Waals surface area contributed by atoms with Crippen molar-refractivity contribution in [3.05, 3.63) is 41.6 Å². The molecule has 0 bridgehead atoms. The van der Waals surface area contributed by atoms with E-state index >= 15 is 0 Å². The SMILES string of the molecule is CC(C)(C)c1ccc2cccc3c2[n+]1CC3. The summed E-state index contributed by atoms with van der Waals surface area (Å²) in [6.45, 7) is 8.01. The number of aryl methyl sites for hydroxylation is 2. The molecule has 16 heavy (non-hydrogen) atoms. The lowest BCUT2D eigenvalue weighted by Crippen LogP contribution is -2.41. The van der Waals surface area contributed by atoms with Crippen LogP contribution in [-0.4, -0.2) is 0 Å². The zero-order valence-corrected chi connectivity index (χ0v) is 10.2. The van der Waals surface area contributed by atoms with E-state index < -0.39 is 0 Å². The van der Waals surface area contributed by atoms with E-state index in [0.29, 0.717) is 0 Å². The van der Waals surface area contributed by atoms with Gasteiger partial charge in [0.1, 0.15) is 0 Å². The quantitative estimate of drug-likeness (QED) is 0.591. The highest BCUT2D eigenvalue weighted by Crippen LogP contribution is 2.26. The second kappa shape index (κ2) is 3.07. The molecule has 2 aromatic rings. The first-order chi connectivity index (χ1) is 7.57. The Hall–Kier alpha value is -1.37. The molecule has 1 aromatic carbocycles. The molecule has 1 nitrogen and oxygen atoms in total. The molecule has 82 valence electrons. The maximum atomic E-state index is 2.50. The minimum absolute atomic E-state index is 0.228. The predicted octanol–water partition coefficient (Wildman–Crippen LogP) is 2.98. The summed E-state index contributed by atoms with van der Waals surface area (Å²) in [6, 6.07) is 11.2. The molecule has 1 heteroatoms. The number of rotatable bonds is 0. The van der Waals surface area contributed by atoms with E-state index in [1.807, 2.05) is 0 Å². The van der Waals surface area contributed by atoms with Gasteiger partial charge in [0.25, 0.3) is 0 Å². The molecule has 0 amide bonds. The number of pyridine rings is 1. The number of nitrogens with zero attached hydrogens (tertiary/aromatic N) is 1. The van der Waals surface area contributed by atoms with Gasteiger partial charge in [-0.3, -0.25) is 0 Å². The van der Waals surface area contributed by atoms with Crippen molar-refractivity contribution in [3.63, 3.8) is 0 Å². The Kier molecular flexibility index (Phi) is 1.88. The van der Waals surface area contributed by atoms with E-state index in [-0.39, 0.29) is 5.41 Å². The second-order valence-electron chi connectivity index (χ2n) is 5.73. The van der Waals surface area contributed by atoms with Crippen molar-refractivity contribution in [2.75, 3.05) is 0 Å². The number of para-hydroxylation sites is 1. The molecule has 0 aliphatic carbocycles. The van der Waals surface area contributed by atoms with Gasteiger partial charge in [0, 0.05) is 28.9 Å². The van der Waals surface area contributed by atoms with Gasteiger partial charge in [0.15, 0.2) is 12.2 Å². The highest BCUT2D eigenvalue weighted by Gasteiger charge is 2.31. The summed E-state index contributed by atoms with van der Waals surface area (Å²) in [4.78, 5) is 0. The number of aromatic nitrogens is 1. The summed E-state index contributed by atoms with van der Waals surface area (Å²) in [5.74, 6) is 0. The third kappa shape index (κ3) is 1.27. The Morgan fingerprint density at radius 2 is 1.88 bits per heavy atom. The zero-order chi connectivity index (χ0) is 11.3. The molecule has 0 fully saturated rings. The van der Waals surface area contributed by atoms with Crippen LogP contribution in [0, 0.1) is 0 Å². The number of benzene rings is 1. The molecule has 0 saturated carbocycles. The first kappa shape index (κ1) is 9.83. The van der Waals surface area contributed by atoms with Crippen LogP contribution in [0.5, 0.6) is 0 Å². The molecular formula is C15H18N+. The molecule has 1 aliphatic rings. The molecule has 1 aromatic heterocycles. The first-order valence-electron chi connectivity index (χ1n) is 6.02. The number of hydrogen-bond donors (Lipinski definition) is 0. The van der Waals surface area contributed by atoms with Crippen LogP contribution in [0.4, 0.5) is 0 Å². The van der Waals surface area contributed by atoms with Crippen LogP contribution in [0.15, 0.2) is 30.3 Å². The van der Waals surface area contributed by atoms with Crippen molar-refractivity contribution in [1.82, 2.24) is 0 Å². The van der Waals surface area contributed by atoms with E-state index in [1.54, 1.807) is 0 Å². The average Bonchev–Trinajstić information content (AvgIpc) is 2.63. The molecule has 0 radical (unpaired) electrons. The lowest BCUT2D eigenvalue weighted by atomic mass is 9.90. The van der Waals surface area contributed by atoms with Crippen molar-refractivity contribution in [3.8, 4) is 0 Å². The summed E-state index contributed by atoms with van der Waals surface area (Å²) in [5.41, 5.74) is 4.63. The summed E-state index contributed by atoms with van der Waals surface area (Å²) in [7, 11) is 0. The van der Waals surface area contributed by atoms with Crippen LogP contribution >= 0.6 is 0 Å². The minimum atomic E-state index is 0.228. The van der Waals surface area contributed by atoms with Gasteiger partial charge in [0.05, 0.1) is 0 Å². The largest absolute Gasteiger partial charge is 0.216 e. The Bertz CT molecular complexity index is 561. The Morgan fingerprint density at radius 3 is 2.62 bits per heavy atom. The van der Waals surface area contributed by atoms with Crippen LogP contribution in [0.25, 0.3) is 10.9 Å². The molecule has 0 unspecified atom stereocenters. The summed E-state index contributed by atoms with van der Waals surface area (Å²) < 4.78 is 2.50. The van der Waals surface area contributed by atoms with Crippen molar-refractivity contribution >= 4 is 10.9 Å². The van der Waals surface area contributed by atoms with Gasteiger partial charge in [-0.2, -0.15) is 4.57 Å². The van der Waals surface area contributed by atoms with Gasteiger partial charge in [-0.15, -0.1) is 0 Å². The van der Waals surface area contributed by atoms with Gasteiger partial charge in [0.2, 0.25) is 5.52 Å². The van der Waals surface area contributed by atoms with Crippen LogP contribution in [-0.2, 0) is 18.4 Å². The van der Waals surface area contributed by atoms with Gasteiger partial charge in [-0.05, 0) is 12.1 Å². The van der Waals surface area contributed by atoms with Crippen LogP contribution in [0.3, 0.4) is 0 Å². The van der Waals surface area contributed by atoms with Crippen LogP contribution < -0.4 is 4.57 Å². The lowest BCUT2D eigenvalue weighted by Gasteiger charge is -2.16. The normalized spacial score (nSPS) is 14.7. The third-order valence-corrected chi connectivity index (χ3v) is 3.51. The smallest absolute Gasteiger partial charge is 0.195 e. The van der Waals surface area contributed by atoms with Crippen molar-refractivity contribution in [2.45, 2.75) is 39.2 Å². The van der Waals surface area contributed by atoms with Crippen molar-refractivity contribution < 1.29 is 4.57 Å². The molecule has 1 aliphatic heterocycles. The van der Waals surface area contributed by atoms with E-state index in [4.69, 9.17) is 0 Å². The maximum absolute atomic E-state index is 2.50. The minimum Gasteiger partial charge on any atom is -0.195 e. The molecule has 0 atom stereocenters. The predicted molar refractivity (Wildman–Crippen MR) is 66.5 cm³/mol. The molecular weight excluding hydrogens is 194 g/mol. The second-order valence-corrected chi connectivity index (χ2v) is 5.73. The standard InChI is InChI=1S/C15H18N/c1-15(2,3)13-8-7-11-5-4-6-12-9-10-16(13)14(11)12/h4-8H,9-10H2,1-3H3/q+1. The van der Waals surface area contributed by atoms with Gasteiger partial charge in [-0.1, -0.05) is 32.9 Å². The fourth-order valence-electron chi connectivity index (χ4n) is 2.78. The lowest BCUT2D eigenvalue weighted by molar-refractivity contribution is -0.674. The molecule has 0 saturated heterocycles. The fraction of sp³-hybridized carbons (Fsp3) is 0.400. The zero-order valence-electron chi connectivity index (χ0n) is 10.2. The van der Waals surface area contributed by atoms with Gasteiger partial charge < -0.3 is 0 Å². The topological polar surface area (TPSA) is 3.88 Å². The molecule has 3 rings (SSSR count). The Morgan fingerprint density at radius 1 is 1.06 bits per heavy atom. The molecule has 0 spiro atoms. The molecule has 0 N–H and O–H groups in total. The van der Waals surface area contributed by atoms with Crippen molar-refractivity contribution in [2.24, 2.45) is 0 Å². The van der Waals surface area contributed by atoms with E-state index in [1.165, 1.54) is 28.6 Å². The van der Waals surface area contributed by atoms with Crippen LogP contribution in [0.1, 0.15) is 32.0 Å². The first-order valence-corrected chi connectivity index (χ1v) is 6.02. The maximum Gasteiger partial charge on any atom is 0.216 e. The Labute approximate surface area is 96.7 Å². The van der Waals surface area contributed by atoms with Crippen LogP contribution in [0.2, 0.25) is 0 Å². The summed E-state index contributed by atoms with van der Waals surface area (Å²) in [6.07, 6.45) is 1.18. The molecule has 2 heterocycles. The van der Waals surface area contributed by atoms with E-state index in [9.17, 15) is 0 Å². The summed E-state index contributed by atoms with van der Waals surface area (Å²) in [5, 5.41) is 1.38. The highest BCUT2D eigenvalue weighted by atomic mass is 15.0. The van der Waals surface area contributed by atoms with Crippen molar-refractivity contribution in [1.29, 1.82) is 0 Å². The third-order valence-electron chi connectivity index (χ3n) is 3.51. The monoisotopic (exact) mass is 212 g/mol. The van der Waals surface area contributed by atoms with Gasteiger partial charge >= 0.3 is 0 Å². The fourth-order valence-corrected chi connectivity index (χ4v) is 2.78. The van der Waals surface area contributed by atoms with Gasteiger partial charge in [-0.25, -0.2) is 0 Å². The summed E-state index contributed by atoms with van der Waals surface area (Å²) >= 11 is 0. The number of hydrogen-bond acceptors (Lipinski definition) is 0. The average molecular weight is 212 g/mol. The highest BCUT2D eigenvalue weighted by molar-refractivity contribution is 5.79. The van der Waals surface area contributed by atoms with E-state index in [0.717, 1.165) is 6.54 Å². The van der Waals surface area contributed by atoms with E-state index in [2.05, 4.69) is 55.7 Å².